The van der Waals surface area contributed by atoms with Gasteiger partial charge in [0.15, 0.2) is 0 Å². The molecule has 0 unspecified atom stereocenters. The summed E-state index contributed by atoms with van der Waals surface area (Å²) in [6.45, 7) is 0.176. The number of nitrogens with zero attached hydrogens (tertiary/aromatic N) is 1. The molecule has 64 valence electrons. The summed E-state index contributed by atoms with van der Waals surface area (Å²) in [6.07, 6.45) is 0. The molecule has 4 nitrogen and oxygen atoms in total. The number of hydrogen-bond donors (Lipinski definition) is 1. The zero-order chi connectivity index (χ0) is 9.14. The lowest BCUT2D eigenvalue weighted by molar-refractivity contribution is -0.386. The Labute approximate surface area is 77.7 Å². The molecule has 0 heterocycles. The maximum Gasteiger partial charge on any atom is 0.287 e. The van der Waals surface area contributed by atoms with Crippen molar-refractivity contribution in [3.63, 3.8) is 0 Å². The molecule has 0 spiro atoms. The number of hydrogen-bond acceptors (Lipinski definition) is 3. The van der Waals surface area contributed by atoms with Crippen LogP contribution < -0.4 is 5.73 Å². The first kappa shape index (κ1) is 9.15. The Kier molecular flexibility index (Phi) is 2.78. The third kappa shape index (κ3) is 1.62. The lowest BCUT2D eigenvalue weighted by Crippen LogP contribution is -2.01. The van der Waals surface area contributed by atoms with Crippen LogP contribution in [-0.4, -0.2) is 4.92 Å². The fourth-order valence-corrected chi connectivity index (χ4v) is 1.48. The van der Waals surface area contributed by atoms with E-state index in [9.17, 15) is 10.1 Å². The molecule has 0 saturated carbocycles. The highest BCUT2D eigenvalue weighted by Crippen LogP contribution is 2.27. The molecule has 0 saturated heterocycles. The van der Waals surface area contributed by atoms with Gasteiger partial charge in [-0.05, 0) is 22.0 Å². The number of para-hydroxylation sites is 1. The summed E-state index contributed by atoms with van der Waals surface area (Å²) in [4.78, 5) is 10.1. The first-order chi connectivity index (χ1) is 5.66. The van der Waals surface area contributed by atoms with Gasteiger partial charge in [-0.2, -0.15) is 0 Å². The highest BCUT2D eigenvalue weighted by Gasteiger charge is 2.15. The Morgan fingerprint density at radius 3 is 2.67 bits per heavy atom. The summed E-state index contributed by atoms with van der Waals surface area (Å²) in [5.41, 5.74) is 5.92. The predicted molar refractivity (Wildman–Crippen MR) is 48.7 cm³/mol. The van der Waals surface area contributed by atoms with Crippen LogP contribution in [0, 0.1) is 10.1 Å². The molecular weight excluding hydrogens is 224 g/mol. The van der Waals surface area contributed by atoms with Gasteiger partial charge in [-0.3, -0.25) is 10.1 Å². The molecule has 0 fully saturated rings. The molecule has 1 aromatic carbocycles. The smallest absolute Gasteiger partial charge is 0.287 e. The van der Waals surface area contributed by atoms with Gasteiger partial charge in [0.2, 0.25) is 0 Å². The molecule has 0 aliphatic heterocycles. The van der Waals surface area contributed by atoms with Crippen molar-refractivity contribution in [1.82, 2.24) is 0 Å². The molecule has 0 aliphatic rings. The van der Waals surface area contributed by atoms with Gasteiger partial charge in [0, 0.05) is 12.1 Å². The van der Waals surface area contributed by atoms with Gasteiger partial charge in [-0.1, -0.05) is 12.1 Å². The maximum absolute atomic E-state index is 10.5. The van der Waals surface area contributed by atoms with Gasteiger partial charge in [0.1, 0.15) is 0 Å². The predicted octanol–water partition coefficient (Wildman–Crippen LogP) is 1.82. The topological polar surface area (TPSA) is 69.2 Å². The number of halogens is 1. The fourth-order valence-electron chi connectivity index (χ4n) is 0.929. The van der Waals surface area contributed by atoms with Crippen LogP contribution in [0.5, 0.6) is 0 Å². The number of benzene rings is 1. The lowest BCUT2D eigenvalue weighted by Gasteiger charge is -2.00. The second kappa shape index (κ2) is 3.64. The Morgan fingerprint density at radius 2 is 2.25 bits per heavy atom. The van der Waals surface area contributed by atoms with Crippen LogP contribution in [0.15, 0.2) is 22.7 Å². The van der Waals surface area contributed by atoms with Crippen molar-refractivity contribution in [2.24, 2.45) is 5.73 Å². The molecule has 1 aromatic rings. The SMILES string of the molecule is NCc1cccc(Br)c1[N+](=O)[O-]. The standard InChI is InChI=1S/C7H7BrN2O2/c8-6-3-1-2-5(4-9)7(6)10(11)12/h1-3H,4,9H2. The summed E-state index contributed by atoms with van der Waals surface area (Å²) in [6, 6.07) is 4.99. The van der Waals surface area contributed by atoms with Crippen LogP contribution in [0.25, 0.3) is 0 Å². The van der Waals surface area contributed by atoms with Gasteiger partial charge in [0.25, 0.3) is 5.69 Å². The highest BCUT2D eigenvalue weighted by atomic mass is 79.9. The van der Waals surface area contributed by atoms with Gasteiger partial charge in [-0.25, -0.2) is 0 Å². The third-order valence-electron chi connectivity index (χ3n) is 1.47. The summed E-state index contributed by atoms with van der Waals surface area (Å²) < 4.78 is 0.468. The average molecular weight is 231 g/mol. The van der Waals surface area contributed by atoms with E-state index in [1.807, 2.05) is 0 Å². The zero-order valence-corrected chi connectivity index (χ0v) is 7.74. The molecule has 2 N–H and O–H groups in total. The summed E-state index contributed by atoms with van der Waals surface area (Å²) in [5, 5.41) is 10.5. The van der Waals surface area contributed by atoms with E-state index in [2.05, 4.69) is 15.9 Å². The molecule has 0 amide bonds. The van der Waals surface area contributed by atoms with Crippen molar-refractivity contribution in [1.29, 1.82) is 0 Å². The van der Waals surface area contributed by atoms with E-state index in [1.54, 1.807) is 18.2 Å². The number of rotatable bonds is 2. The minimum atomic E-state index is -0.438. The Balaban J connectivity index is 3.29. The number of nitro benzene ring substituents is 1. The summed E-state index contributed by atoms with van der Waals surface area (Å²) in [5.74, 6) is 0. The fraction of sp³-hybridized carbons (Fsp3) is 0.143. The van der Waals surface area contributed by atoms with E-state index in [1.165, 1.54) is 0 Å². The molecule has 0 bridgehead atoms. The maximum atomic E-state index is 10.5. The Bertz CT molecular complexity index is 314. The normalized spacial score (nSPS) is 9.83. The lowest BCUT2D eigenvalue weighted by atomic mass is 10.2. The molecule has 12 heavy (non-hydrogen) atoms. The second-order valence-corrected chi connectivity index (χ2v) is 3.06. The molecule has 1 rings (SSSR count). The molecule has 0 aliphatic carbocycles. The van der Waals surface area contributed by atoms with Crippen molar-refractivity contribution >= 4 is 21.6 Å². The van der Waals surface area contributed by atoms with Crippen molar-refractivity contribution in [2.45, 2.75) is 6.54 Å². The highest BCUT2D eigenvalue weighted by molar-refractivity contribution is 9.10. The van der Waals surface area contributed by atoms with Crippen molar-refractivity contribution in [3.8, 4) is 0 Å². The second-order valence-electron chi connectivity index (χ2n) is 2.21. The first-order valence-corrected chi connectivity index (χ1v) is 4.08. The van der Waals surface area contributed by atoms with Gasteiger partial charge < -0.3 is 5.73 Å². The van der Waals surface area contributed by atoms with E-state index in [4.69, 9.17) is 5.73 Å². The Hall–Kier alpha value is -0.940. The Morgan fingerprint density at radius 1 is 1.58 bits per heavy atom. The minimum absolute atomic E-state index is 0.0556. The van der Waals surface area contributed by atoms with Gasteiger partial charge >= 0.3 is 0 Å². The van der Waals surface area contributed by atoms with Gasteiger partial charge in [-0.15, -0.1) is 0 Å². The van der Waals surface area contributed by atoms with E-state index in [0.29, 0.717) is 10.0 Å². The van der Waals surface area contributed by atoms with Gasteiger partial charge in [0.05, 0.1) is 9.40 Å². The van der Waals surface area contributed by atoms with Crippen LogP contribution in [0.4, 0.5) is 5.69 Å². The quantitative estimate of drug-likeness (QED) is 0.623. The summed E-state index contributed by atoms with van der Waals surface area (Å²) >= 11 is 3.09. The van der Waals surface area contributed by atoms with E-state index in [0.717, 1.165) is 0 Å². The van der Waals surface area contributed by atoms with Crippen LogP contribution in [0.1, 0.15) is 5.56 Å². The zero-order valence-electron chi connectivity index (χ0n) is 6.16. The van der Waals surface area contributed by atoms with E-state index in [-0.39, 0.29) is 12.2 Å². The molecular formula is C7H7BrN2O2. The monoisotopic (exact) mass is 230 g/mol. The van der Waals surface area contributed by atoms with Crippen molar-refractivity contribution in [3.05, 3.63) is 38.3 Å². The van der Waals surface area contributed by atoms with Crippen LogP contribution >= 0.6 is 15.9 Å². The number of nitro groups is 1. The molecule has 0 atom stereocenters. The molecule has 5 heteroatoms. The van der Waals surface area contributed by atoms with Crippen LogP contribution in [-0.2, 0) is 6.54 Å². The van der Waals surface area contributed by atoms with Crippen molar-refractivity contribution < 1.29 is 4.92 Å². The third-order valence-corrected chi connectivity index (χ3v) is 2.11. The minimum Gasteiger partial charge on any atom is -0.326 e. The summed E-state index contributed by atoms with van der Waals surface area (Å²) in [7, 11) is 0. The molecule has 0 aromatic heterocycles. The van der Waals surface area contributed by atoms with E-state index < -0.39 is 4.92 Å². The van der Waals surface area contributed by atoms with Crippen molar-refractivity contribution in [2.75, 3.05) is 0 Å². The van der Waals surface area contributed by atoms with Crippen LogP contribution in [0.3, 0.4) is 0 Å². The van der Waals surface area contributed by atoms with E-state index >= 15 is 0 Å². The average Bonchev–Trinajstić information content (AvgIpc) is 2.03. The molecule has 0 radical (unpaired) electrons. The number of nitrogens with two attached hydrogens (primary N) is 1. The largest absolute Gasteiger partial charge is 0.326 e. The first-order valence-electron chi connectivity index (χ1n) is 3.28. The van der Waals surface area contributed by atoms with Crippen LogP contribution in [0.2, 0.25) is 0 Å².